The predicted octanol–water partition coefficient (Wildman–Crippen LogP) is 4.50. The highest BCUT2D eigenvalue weighted by Gasteiger charge is 2.36. The summed E-state index contributed by atoms with van der Waals surface area (Å²) < 4.78 is 5.75. The third kappa shape index (κ3) is 3.54. The predicted molar refractivity (Wildman–Crippen MR) is 108 cm³/mol. The van der Waals surface area contributed by atoms with Gasteiger partial charge < -0.3 is 14.8 Å². The number of nitrogens with one attached hydrogen (secondary N) is 1. The molecule has 0 saturated heterocycles. The van der Waals surface area contributed by atoms with E-state index in [0.717, 1.165) is 22.2 Å². The number of nitrogens with zero attached hydrogens (tertiary/aromatic N) is 1. The van der Waals surface area contributed by atoms with Gasteiger partial charge in [-0.3, -0.25) is 9.78 Å². The van der Waals surface area contributed by atoms with E-state index in [9.17, 15) is 9.90 Å². The van der Waals surface area contributed by atoms with Gasteiger partial charge in [-0.25, -0.2) is 0 Å². The number of aliphatic hydroxyl groups excluding tert-OH is 1. The molecule has 2 N–H and O–H groups in total. The van der Waals surface area contributed by atoms with Crippen LogP contribution in [0.2, 0.25) is 0 Å². The van der Waals surface area contributed by atoms with Crippen LogP contribution in [0.1, 0.15) is 66.1 Å². The van der Waals surface area contributed by atoms with Crippen LogP contribution in [0.4, 0.5) is 0 Å². The van der Waals surface area contributed by atoms with Crippen molar-refractivity contribution in [1.29, 1.82) is 0 Å². The largest absolute Gasteiger partial charge is 0.465 e. The molecule has 3 aromatic rings. The summed E-state index contributed by atoms with van der Waals surface area (Å²) >= 11 is 0. The average Bonchev–Trinajstić information content (AvgIpc) is 3.05. The Hall–Kier alpha value is -2.66. The molecule has 0 unspecified atom stereocenters. The van der Waals surface area contributed by atoms with E-state index in [-0.39, 0.29) is 29.9 Å². The molecule has 0 spiro atoms. The van der Waals surface area contributed by atoms with Crippen molar-refractivity contribution in [1.82, 2.24) is 10.3 Å². The highest BCUT2D eigenvalue weighted by molar-refractivity contribution is 5.95. The molecule has 5 heteroatoms. The zero-order chi connectivity index (χ0) is 19.8. The number of benzene rings is 1. The van der Waals surface area contributed by atoms with Crippen molar-refractivity contribution >= 4 is 16.8 Å². The summed E-state index contributed by atoms with van der Waals surface area (Å²) in [6.07, 6.45) is 2.90. The topological polar surface area (TPSA) is 75.4 Å². The van der Waals surface area contributed by atoms with Crippen LogP contribution >= 0.6 is 0 Å². The number of amides is 1. The van der Waals surface area contributed by atoms with Crippen molar-refractivity contribution in [3.05, 3.63) is 65.2 Å². The molecule has 146 valence electrons. The highest BCUT2D eigenvalue weighted by atomic mass is 16.3. The van der Waals surface area contributed by atoms with E-state index >= 15 is 0 Å². The Morgan fingerprint density at radius 1 is 1.25 bits per heavy atom. The molecule has 4 rings (SSSR count). The maximum Gasteiger partial charge on any atom is 0.255 e. The van der Waals surface area contributed by atoms with E-state index in [1.807, 2.05) is 57.3 Å². The summed E-state index contributed by atoms with van der Waals surface area (Å²) in [6, 6.07) is 11.7. The Bertz CT molecular complexity index is 1000. The second-order valence-electron chi connectivity index (χ2n) is 8.07. The Balaban J connectivity index is 1.63. The molecule has 1 aliphatic carbocycles. The molecule has 1 saturated carbocycles. The first kappa shape index (κ1) is 18.7. The average molecular weight is 378 g/mol. The lowest BCUT2D eigenvalue weighted by Crippen LogP contribution is -2.41. The van der Waals surface area contributed by atoms with Crippen molar-refractivity contribution in [3.63, 3.8) is 0 Å². The van der Waals surface area contributed by atoms with Gasteiger partial charge in [0, 0.05) is 17.5 Å². The monoisotopic (exact) mass is 378 g/mol. The van der Waals surface area contributed by atoms with E-state index in [4.69, 9.17) is 4.42 Å². The van der Waals surface area contributed by atoms with E-state index < -0.39 is 0 Å². The van der Waals surface area contributed by atoms with Gasteiger partial charge in [0.25, 0.3) is 5.91 Å². The minimum absolute atomic E-state index is 0.146. The third-order valence-electron chi connectivity index (χ3n) is 5.63. The molecule has 28 heavy (non-hydrogen) atoms. The SMILES string of the molecule is Cc1oc(C(C)C)cc1C(=O)N[C@@H](c1cnc2ccccc2c1)C1CC(O)C1. The van der Waals surface area contributed by atoms with Gasteiger partial charge >= 0.3 is 0 Å². The maximum absolute atomic E-state index is 13.0. The van der Waals surface area contributed by atoms with E-state index in [1.165, 1.54) is 0 Å². The summed E-state index contributed by atoms with van der Waals surface area (Å²) in [6.45, 7) is 5.90. The number of para-hydroxylation sites is 1. The molecule has 0 bridgehead atoms. The zero-order valence-electron chi connectivity index (χ0n) is 16.5. The van der Waals surface area contributed by atoms with E-state index in [2.05, 4.69) is 16.4 Å². The van der Waals surface area contributed by atoms with Crippen molar-refractivity contribution in [2.24, 2.45) is 5.92 Å². The fourth-order valence-corrected chi connectivity index (χ4v) is 3.87. The number of aromatic nitrogens is 1. The Kier molecular flexibility index (Phi) is 4.94. The van der Waals surface area contributed by atoms with Crippen LogP contribution in [0, 0.1) is 12.8 Å². The quantitative estimate of drug-likeness (QED) is 0.685. The van der Waals surface area contributed by atoms with Crippen LogP contribution in [0.5, 0.6) is 0 Å². The number of aliphatic hydroxyl groups is 1. The summed E-state index contributed by atoms with van der Waals surface area (Å²) in [7, 11) is 0. The van der Waals surface area contributed by atoms with Gasteiger partial charge in [-0.15, -0.1) is 0 Å². The van der Waals surface area contributed by atoms with Crippen LogP contribution in [-0.4, -0.2) is 22.1 Å². The minimum atomic E-state index is -0.291. The number of hydrogen-bond acceptors (Lipinski definition) is 4. The van der Waals surface area contributed by atoms with Gasteiger partial charge in [-0.1, -0.05) is 32.0 Å². The molecule has 1 fully saturated rings. The van der Waals surface area contributed by atoms with E-state index in [0.29, 0.717) is 24.2 Å². The molecule has 0 radical (unpaired) electrons. The molecule has 1 aromatic carbocycles. The number of rotatable bonds is 5. The van der Waals surface area contributed by atoms with Crippen molar-refractivity contribution in [2.75, 3.05) is 0 Å². The molecule has 1 amide bonds. The number of fused-ring (bicyclic) bond motifs is 1. The van der Waals surface area contributed by atoms with Gasteiger partial charge in [0.2, 0.25) is 0 Å². The number of furan rings is 1. The summed E-state index contributed by atoms with van der Waals surface area (Å²) in [5.74, 6) is 1.71. The van der Waals surface area contributed by atoms with E-state index in [1.54, 1.807) is 0 Å². The second kappa shape index (κ2) is 7.40. The number of carbonyl (C=O) groups is 1. The van der Waals surface area contributed by atoms with Crippen LogP contribution in [0.3, 0.4) is 0 Å². The lowest BCUT2D eigenvalue weighted by atomic mass is 9.75. The third-order valence-corrected chi connectivity index (χ3v) is 5.63. The van der Waals surface area contributed by atoms with Gasteiger partial charge in [-0.2, -0.15) is 0 Å². The number of carbonyl (C=O) groups excluding carboxylic acids is 1. The molecule has 2 aromatic heterocycles. The first-order chi connectivity index (χ1) is 13.4. The lowest BCUT2D eigenvalue weighted by molar-refractivity contribution is 0.0235. The fourth-order valence-electron chi connectivity index (χ4n) is 3.87. The maximum atomic E-state index is 13.0. The van der Waals surface area contributed by atoms with Crippen LogP contribution in [0.15, 0.2) is 47.0 Å². The van der Waals surface area contributed by atoms with Crippen LogP contribution < -0.4 is 5.32 Å². The van der Waals surface area contributed by atoms with Gasteiger partial charge in [0.05, 0.1) is 23.2 Å². The normalized spacial score (nSPS) is 20.2. The van der Waals surface area contributed by atoms with Gasteiger partial charge in [0.15, 0.2) is 0 Å². The Labute approximate surface area is 164 Å². The lowest BCUT2D eigenvalue weighted by Gasteiger charge is -2.38. The molecular formula is C23H26N2O3. The Morgan fingerprint density at radius 2 is 2.00 bits per heavy atom. The Morgan fingerprint density at radius 3 is 2.68 bits per heavy atom. The molecule has 2 heterocycles. The highest BCUT2D eigenvalue weighted by Crippen LogP contribution is 2.39. The van der Waals surface area contributed by atoms with Gasteiger partial charge in [-0.05, 0) is 49.4 Å². The van der Waals surface area contributed by atoms with Gasteiger partial charge in [0.1, 0.15) is 11.5 Å². The molecule has 1 atom stereocenters. The molecule has 5 nitrogen and oxygen atoms in total. The van der Waals surface area contributed by atoms with Crippen molar-refractivity contribution in [3.8, 4) is 0 Å². The first-order valence-corrected chi connectivity index (χ1v) is 9.86. The number of aryl methyl sites for hydroxylation is 1. The van der Waals surface area contributed by atoms with Crippen molar-refractivity contribution in [2.45, 2.75) is 51.7 Å². The second-order valence-corrected chi connectivity index (χ2v) is 8.07. The molecule has 0 aliphatic heterocycles. The number of pyridine rings is 1. The van der Waals surface area contributed by atoms with Crippen LogP contribution in [-0.2, 0) is 0 Å². The molecular weight excluding hydrogens is 352 g/mol. The first-order valence-electron chi connectivity index (χ1n) is 9.86. The molecule has 1 aliphatic rings. The standard InChI is InChI=1S/C23H26N2O3/c1-13(2)21-11-19(14(3)28-21)23(27)25-22(16-9-18(26)10-16)17-8-15-6-4-5-7-20(15)24-12-17/h4-8,11-13,16,18,22,26H,9-10H2,1-3H3,(H,25,27)/t16?,18?,22-/m1/s1. The van der Waals surface area contributed by atoms with Crippen LogP contribution in [0.25, 0.3) is 10.9 Å². The zero-order valence-corrected chi connectivity index (χ0v) is 16.5. The summed E-state index contributed by atoms with van der Waals surface area (Å²) in [5.41, 5.74) is 2.47. The number of hydrogen-bond donors (Lipinski definition) is 2. The fraction of sp³-hybridized carbons (Fsp3) is 0.391. The summed E-state index contributed by atoms with van der Waals surface area (Å²) in [4.78, 5) is 17.6. The summed E-state index contributed by atoms with van der Waals surface area (Å²) in [5, 5.41) is 14.0. The van der Waals surface area contributed by atoms with Crippen molar-refractivity contribution < 1.29 is 14.3 Å². The smallest absolute Gasteiger partial charge is 0.255 e. The minimum Gasteiger partial charge on any atom is -0.465 e.